The van der Waals surface area contributed by atoms with Crippen LogP contribution in [0.25, 0.3) is 0 Å². The topological polar surface area (TPSA) is 58.6 Å². The van der Waals surface area contributed by atoms with Crippen molar-refractivity contribution in [2.45, 2.75) is 38.8 Å². The number of benzene rings is 1. The number of hydrogen-bond donors (Lipinski definition) is 2. The summed E-state index contributed by atoms with van der Waals surface area (Å²) in [5, 5.41) is 12.5. The number of ether oxygens (including phenoxy) is 1. The molecule has 2 N–H and O–H groups in total. The van der Waals surface area contributed by atoms with Gasteiger partial charge in [0.2, 0.25) is 0 Å². The summed E-state index contributed by atoms with van der Waals surface area (Å²) >= 11 is 0. The Morgan fingerprint density at radius 3 is 2.89 bits per heavy atom. The lowest BCUT2D eigenvalue weighted by atomic mass is 10.1. The van der Waals surface area contributed by atoms with Crippen molar-refractivity contribution in [2.75, 3.05) is 6.61 Å². The van der Waals surface area contributed by atoms with Gasteiger partial charge in [-0.05, 0) is 38.3 Å². The van der Waals surface area contributed by atoms with Crippen molar-refractivity contribution >= 4 is 5.91 Å². The summed E-state index contributed by atoms with van der Waals surface area (Å²) < 4.78 is 5.50. The van der Waals surface area contributed by atoms with E-state index in [9.17, 15) is 9.90 Å². The highest BCUT2D eigenvalue weighted by Crippen LogP contribution is 2.26. The molecule has 1 fully saturated rings. The van der Waals surface area contributed by atoms with Gasteiger partial charge in [0, 0.05) is 11.6 Å². The molecule has 1 amide bonds. The van der Waals surface area contributed by atoms with Crippen molar-refractivity contribution in [3.8, 4) is 5.75 Å². The summed E-state index contributed by atoms with van der Waals surface area (Å²) in [5.74, 6) is 0.478. The van der Waals surface area contributed by atoms with Gasteiger partial charge < -0.3 is 15.2 Å². The predicted molar refractivity (Wildman–Crippen MR) is 68.5 cm³/mol. The zero-order valence-corrected chi connectivity index (χ0v) is 10.8. The number of aliphatic hydroxyl groups is 1. The minimum Gasteiger partial charge on any atom is -0.483 e. The first kappa shape index (κ1) is 12.9. The molecular weight excluding hydrogens is 230 g/mol. The minimum absolute atomic E-state index is 0.000324. The van der Waals surface area contributed by atoms with Gasteiger partial charge in [-0.3, -0.25) is 4.79 Å². The zero-order chi connectivity index (χ0) is 13.1. The summed E-state index contributed by atoms with van der Waals surface area (Å²) in [4.78, 5) is 11.5. The van der Waals surface area contributed by atoms with Crippen molar-refractivity contribution < 1.29 is 14.6 Å². The van der Waals surface area contributed by atoms with E-state index in [4.69, 9.17) is 4.74 Å². The fourth-order valence-electron chi connectivity index (χ4n) is 1.75. The Balaban J connectivity index is 1.98. The van der Waals surface area contributed by atoms with Crippen LogP contribution in [0.15, 0.2) is 18.2 Å². The van der Waals surface area contributed by atoms with E-state index in [2.05, 4.69) is 5.32 Å². The second-order valence-electron chi connectivity index (χ2n) is 4.85. The van der Waals surface area contributed by atoms with Gasteiger partial charge in [0.15, 0.2) is 6.61 Å². The smallest absolute Gasteiger partial charge is 0.258 e. The Morgan fingerprint density at radius 1 is 1.56 bits per heavy atom. The van der Waals surface area contributed by atoms with Crippen molar-refractivity contribution in [3.63, 3.8) is 0 Å². The second kappa shape index (κ2) is 5.40. The fraction of sp³-hybridized carbons (Fsp3) is 0.500. The van der Waals surface area contributed by atoms with E-state index in [1.165, 1.54) is 0 Å². The molecule has 0 unspecified atom stereocenters. The predicted octanol–water partition coefficient (Wildman–Crippen LogP) is 1.71. The maximum absolute atomic E-state index is 11.5. The standard InChI is InChI=1S/C14H19NO3/c1-9-3-6-12(10(2)16)13(7-9)18-8-14(17)15-11-4-5-11/h3,6-7,10-11,16H,4-5,8H2,1-2H3,(H,15,17)/t10-/m0/s1. The molecule has 4 heteroatoms. The number of carbonyl (C=O) groups is 1. The Labute approximate surface area is 107 Å². The lowest BCUT2D eigenvalue weighted by Crippen LogP contribution is -2.30. The highest BCUT2D eigenvalue weighted by atomic mass is 16.5. The van der Waals surface area contributed by atoms with Gasteiger partial charge in [0.1, 0.15) is 5.75 Å². The third-order valence-corrected chi connectivity index (χ3v) is 2.92. The number of hydrogen-bond acceptors (Lipinski definition) is 3. The van der Waals surface area contributed by atoms with E-state index in [0.29, 0.717) is 17.4 Å². The summed E-state index contributed by atoms with van der Waals surface area (Å²) in [6.07, 6.45) is 1.52. The van der Waals surface area contributed by atoms with Crippen LogP contribution < -0.4 is 10.1 Å². The summed E-state index contributed by atoms with van der Waals surface area (Å²) in [7, 11) is 0. The Hall–Kier alpha value is -1.55. The van der Waals surface area contributed by atoms with Crippen LogP contribution in [-0.4, -0.2) is 23.7 Å². The van der Waals surface area contributed by atoms with E-state index in [1.54, 1.807) is 6.92 Å². The van der Waals surface area contributed by atoms with Crippen LogP contribution in [0.5, 0.6) is 5.75 Å². The second-order valence-corrected chi connectivity index (χ2v) is 4.85. The average Bonchev–Trinajstić information content (AvgIpc) is 3.10. The number of carbonyl (C=O) groups excluding carboxylic acids is 1. The first-order chi connectivity index (χ1) is 8.56. The van der Waals surface area contributed by atoms with Crippen molar-refractivity contribution in [1.82, 2.24) is 5.32 Å². The molecule has 0 heterocycles. The van der Waals surface area contributed by atoms with Gasteiger partial charge in [-0.15, -0.1) is 0 Å². The third kappa shape index (κ3) is 3.47. The van der Waals surface area contributed by atoms with Crippen LogP contribution in [0.1, 0.15) is 37.0 Å². The maximum Gasteiger partial charge on any atom is 0.258 e. The largest absolute Gasteiger partial charge is 0.483 e. The van der Waals surface area contributed by atoms with Crippen LogP contribution in [-0.2, 0) is 4.79 Å². The third-order valence-electron chi connectivity index (χ3n) is 2.92. The summed E-state index contributed by atoms with van der Waals surface area (Å²) in [6.45, 7) is 3.63. The number of amides is 1. The van der Waals surface area contributed by atoms with Gasteiger partial charge in [0.05, 0.1) is 6.10 Å². The molecule has 18 heavy (non-hydrogen) atoms. The molecular formula is C14H19NO3. The van der Waals surface area contributed by atoms with Crippen molar-refractivity contribution in [2.24, 2.45) is 0 Å². The molecule has 0 aromatic heterocycles. The molecule has 0 bridgehead atoms. The lowest BCUT2D eigenvalue weighted by molar-refractivity contribution is -0.123. The highest BCUT2D eigenvalue weighted by molar-refractivity contribution is 5.78. The number of aliphatic hydroxyl groups excluding tert-OH is 1. The Bertz CT molecular complexity index is 439. The summed E-state index contributed by atoms with van der Waals surface area (Å²) in [5.41, 5.74) is 1.75. The van der Waals surface area contributed by atoms with Crippen LogP contribution in [0.4, 0.5) is 0 Å². The minimum atomic E-state index is -0.605. The van der Waals surface area contributed by atoms with Gasteiger partial charge in [-0.1, -0.05) is 12.1 Å². The molecule has 0 spiro atoms. The number of rotatable bonds is 5. The fourth-order valence-corrected chi connectivity index (χ4v) is 1.75. The molecule has 4 nitrogen and oxygen atoms in total. The molecule has 0 aliphatic heterocycles. The number of aryl methyl sites for hydroxylation is 1. The average molecular weight is 249 g/mol. The van der Waals surface area contributed by atoms with Gasteiger partial charge in [0.25, 0.3) is 5.91 Å². The quantitative estimate of drug-likeness (QED) is 0.835. The van der Waals surface area contributed by atoms with Crippen LogP contribution in [0.2, 0.25) is 0 Å². The molecule has 1 aromatic rings. The molecule has 98 valence electrons. The Kier molecular flexibility index (Phi) is 3.87. The molecule has 1 saturated carbocycles. The molecule has 1 aliphatic carbocycles. The first-order valence-corrected chi connectivity index (χ1v) is 6.27. The van der Waals surface area contributed by atoms with Crippen LogP contribution >= 0.6 is 0 Å². The molecule has 0 saturated heterocycles. The molecule has 0 radical (unpaired) electrons. The van der Waals surface area contributed by atoms with Crippen molar-refractivity contribution in [1.29, 1.82) is 0 Å². The van der Waals surface area contributed by atoms with Gasteiger partial charge in [-0.25, -0.2) is 0 Å². The van der Waals surface area contributed by atoms with Gasteiger partial charge >= 0.3 is 0 Å². The van der Waals surface area contributed by atoms with E-state index < -0.39 is 6.10 Å². The molecule has 1 aromatic carbocycles. The molecule has 1 atom stereocenters. The molecule has 2 rings (SSSR count). The maximum atomic E-state index is 11.5. The van der Waals surface area contributed by atoms with E-state index in [0.717, 1.165) is 18.4 Å². The SMILES string of the molecule is Cc1ccc([C@H](C)O)c(OCC(=O)NC2CC2)c1. The van der Waals surface area contributed by atoms with Crippen molar-refractivity contribution in [3.05, 3.63) is 29.3 Å². The number of nitrogens with one attached hydrogen (secondary N) is 1. The monoisotopic (exact) mass is 249 g/mol. The van der Waals surface area contributed by atoms with Gasteiger partial charge in [-0.2, -0.15) is 0 Å². The van der Waals surface area contributed by atoms with Crippen LogP contribution in [0.3, 0.4) is 0 Å². The highest BCUT2D eigenvalue weighted by Gasteiger charge is 2.23. The first-order valence-electron chi connectivity index (χ1n) is 6.27. The van der Waals surface area contributed by atoms with E-state index in [-0.39, 0.29) is 12.5 Å². The van der Waals surface area contributed by atoms with E-state index >= 15 is 0 Å². The lowest BCUT2D eigenvalue weighted by Gasteiger charge is -2.14. The summed E-state index contributed by atoms with van der Waals surface area (Å²) in [6, 6.07) is 5.93. The van der Waals surface area contributed by atoms with E-state index in [1.807, 2.05) is 25.1 Å². The van der Waals surface area contributed by atoms with Crippen LogP contribution in [0, 0.1) is 6.92 Å². The Morgan fingerprint density at radius 2 is 2.28 bits per heavy atom. The normalized spacial score (nSPS) is 16.2. The molecule has 1 aliphatic rings. The zero-order valence-electron chi connectivity index (χ0n) is 10.8.